The average molecular weight is 369 g/mol. The minimum Gasteiger partial charge on any atom is -0.308 e. The van der Waals surface area contributed by atoms with E-state index in [1.165, 1.54) is 24.3 Å². The Morgan fingerprint density at radius 1 is 0.875 bits per heavy atom. The molecule has 24 heavy (non-hydrogen) atoms. The predicted octanol–water partition coefficient (Wildman–Crippen LogP) is 1.56. The molecule has 0 spiro atoms. The van der Waals surface area contributed by atoms with E-state index in [2.05, 4.69) is 10.3 Å². The SMILES string of the molecule is Cc1cc(C)c(S(=O)(=O)NNc2ccc(S(N)(=O)=O)cc2)c(C)c1. The molecule has 0 saturated carbocycles. The molecule has 0 aliphatic carbocycles. The van der Waals surface area contributed by atoms with E-state index >= 15 is 0 Å². The molecule has 0 radical (unpaired) electrons. The van der Waals surface area contributed by atoms with Gasteiger partial charge in [-0.2, -0.15) is 0 Å². The van der Waals surface area contributed by atoms with Crippen LogP contribution in [-0.2, 0) is 20.0 Å². The molecule has 0 heterocycles. The second-order valence-corrected chi connectivity index (χ2v) is 8.71. The van der Waals surface area contributed by atoms with E-state index in [4.69, 9.17) is 5.14 Å². The zero-order chi connectivity index (χ0) is 18.1. The average Bonchev–Trinajstić information content (AvgIpc) is 2.43. The van der Waals surface area contributed by atoms with Gasteiger partial charge in [-0.25, -0.2) is 22.0 Å². The van der Waals surface area contributed by atoms with Crippen molar-refractivity contribution >= 4 is 25.7 Å². The van der Waals surface area contributed by atoms with Gasteiger partial charge in [0.25, 0.3) is 10.0 Å². The summed E-state index contributed by atoms with van der Waals surface area (Å²) in [6.45, 7) is 5.36. The molecule has 0 saturated heterocycles. The van der Waals surface area contributed by atoms with Crippen LogP contribution in [0.4, 0.5) is 5.69 Å². The number of hydrazine groups is 1. The molecule has 2 aromatic rings. The van der Waals surface area contributed by atoms with Crippen LogP contribution in [0.1, 0.15) is 16.7 Å². The van der Waals surface area contributed by atoms with E-state index in [-0.39, 0.29) is 9.79 Å². The topological polar surface area (TPSA) is 118 Å². The molecule has 0 aliphatic heterocycles. The summed E-state index contributed by atoms with van der Waals surface area (Å²) in [6.07, 6.45) is 0. The number of benzene rings is 2. The molecule has 0 bridgehead atoms. The lowest BCUT2D eigenvalue weighted by Gasteiger charge is -2.14. The molecular formula is C15H19N3O4S2. The summed E-state index contributed by atoms with van der Waals surface area (Å²) in [4.78, 5) is 2.45. The first-order valence-corrected chi connectivity index (χ1v) is 10.0. The van der Waals surface area contributed by atoms with E-state index in [9.17, 15) is 16.8 Å². The first-order chi connectivity index (χ1) is 11.0. The standard InChI is InChI=1S/C15H19N3O4S2/c1-10-8-11(2)15(12(3)9-10)24(21,22)18-17-13-4-6-14(7-5-13)23(16,19)20/h4-9,17-18H,1-3H3,(H2,16,19,20). The first-order valence-electron chi connectivity index (χ1n) is 6.99. The summed E-state index contributed by atoms with van der Waals surface area (Å²) in [5.41, 5.74) is 5.21. The van der Waals surface area contributed by atoms with Gasteiger partial charge in [-0.05, 0) is 56.2 Å². The van der Waals surface area contributed by atoms with Crippen molar-refractivity contribution in [2.45, 2.75) is 30.6 Å². The lowest BCUT2D eigenvalue weighted by atomic mass is 10.1. The molecule has 0 fully saturated rings. The third-order valence-corrected chi connectivity index (χ3v) is 5.87. The number of aryl methyl sites for hydroxylation is 3. The highest BCUT2D eigenvalue weighted by molar-refractivity contribution is 7.89. The summed E-state index contributed by atoms with van der Waals surface area (Å²) in [7, 11) is -7.57. The molecule has 2 rings (SSSR count). The summed E-state index contributed by atoms with van der Waals surface area (Å²) < 4.78 is 47.4. The Hall–Kier alpha value is -1.94. The molecule has 7 nitrogen and oxygen atoms in total. The number of hydrogen-bond donors (Lipinski definition) is 3. The fraction of sp³-hybridized carbons (Fsp3) is 0.200. The van der Waals surface area contributed by atoms with Gasteiger partial charge in [0.2, 0.25) is 10.0 Å². The van der Waals surface area contributed by atoms with Gasteiger partial charge < -0.3 is 5.43 Å². The van der Waals surface area contributed by atoms with Gasteiger partial charge in [-0.15, -0.1) is 4.83 Å². The quantitative estimate of drug-likeness (QED) is 0.691. The molecule has 0 aliphatic rings. The van der Waals surface area contributed by atoms with Crippen LogP contribution in [0.2, 0.25) is 0 Å². The highest BCUT2D eigenvalue weighted by atomic mass is 32.2. The van der Waals surface area contributed by atoms with E-state index < -0.39 is 20.0 Å². The Balaban J connectivity index is 2.22. The predicted molar refractivity (Wildman–Crippen MR) is 92.4 cm³/mol. The number of nitrogens with one attached hydrogen (secondary N) is 2. The maximum absolute atomic E-state index is 12.5. The van der Waals surface area contributed by atoms with Crippen LogP contribution in [0.5, 0.6) is 0 Å². The van der Waals surface area contributed by atoms with Gasteiger partial charge in [0.15, 0.2) is 0 Å². The van der Waals surface area contributed by atoms with Crippen molar-refractivity contribution in [3.63, 3.8) is 0 Å². The molecule has 9 heteroatoms. The largest absolute Gasteiger partial charge is 0.308 e. The molecule has 0 unspecified atom stereocenters. The maximum Gasteiger partial charge on any atom is 0.257 e. The smallest absolute Gasteiger partial charge is 0.257 e. The summed E-state index contributed by atoms with van der Waals surface area (Å²) in [5.74, 6) is 0. The van der Waals surface area contributed by atoms with Gasteiger partial charge >= 0.3 is 0 Å². The molecule has 2 aromatic carbocycles. The molecule has 0 amide bonds. The van der Waals surface area contributed by atoms with Crippen molar-refractivity contribution < 1.29 is 16.8 Å². The molecule has 0 aromatic heterocycles. The van der Waals surface area contributed by atoms with Gasteiger partial charge in [0, 0.05) is 5.69 Å². The van der Waals surface area contributed by atoms with E-state index in [1.54, 1.807) is 26.0 Å². The van der Waals surface area contributed by atoms with E-state index in [1.807, 2.05) is 6.92 Å². The number of sulfonamides is 2. The lowest BCUT2D eigenvalue weighted by molar-refractivity contribution is 0.586. The Bertz CT molecular complexity index is 943. The minimum atomic E-state index is -3.79. The highest BCUT2D eigenvalue weighted by Gasteiger charge is 2.19. The number of nitrogens with two attached hydrogens (primary N) is 1. The van der Waals surface area contributed by atoms with Crippen LogP contribution in [0.3, 0.4) is 0 Å². The summed E-state index contributed by atoms with van der Waals surface area (Å²) in [5, 5.41) is 5.01. The van der Waals surface area contributed by atoms with Crippen molar-refractivity contribution in [3.8, 4) is 0 Å². The maximum atomic E-state index is 12.5. The summed E-state index contributed by atoms with van der Waals surface area (Å²) in [6, 6.07) is 8.99. The fourth-order valence-electron chi connectivity index (χ4n) is 2.50. The van der Waals surface area contributed by atoms with Crippen LogP contribution >= 0.6 is 0 Å². The lowest BCUT2D eigenvalue weighted by Crippen LogP contribution is -2.30. The molecule has 0 atom stereocenters. The second kappa shape index (κ2) is 6.52. The zero-order valence-electron chi connectivity index (χ0n) is 13.5. The van der Waals surface area contributed by atoms with Gasteiger partial charge in [-0.1, -0.05) is 17.7 Å². The molecular weight excluding hydrogens is 350 g/mol. The number of hydrogen-bond acceptors (Lipinski definition) is 5. The van der Waals surface area contributed by atoms with E-state index in [0.29, 0.717) is 16.8 Å². The summed E-state index contributed by atoms with van der Waals surface area (Å²) >= 11 is 0. The second-order valence-electron chi connectivity index (χ2n) is 5.53. The van der Waals surface area contributed by atoms with Crippen LogP contribution in [0.15, 0.2) is 46.2 Å². The zero-order valence-corrected chi connectivity index (χ0v) is 15.1. The minimum absolute atomic E-state index is 0.0545. The Morgan fingerprint density at radius 3 is 1.83 bits per heavy atom. The monoisotopic (exact) mass is 369 g/mol. The normalized spacial score (nSPS) is 12.2. The fourth-order valence-corrected chi connectivity index (χ4v) is 4.33. The van der Waals surface area contributed by atoms with Crippen molar-refractivity contribution in [2.24, 2.45) is 5.14 Å². The number of primary sulfonamides is 1. The Morgan fingerprint density at radius 2 is 1.38 bits per heavy atom. The first kappa shape index (κ1) is 18.4. The number of anilines is 1. The van der Waals surface area contributed by atoms with Crippen molar-refractivity contribution in [1.29, 1.82) is 0 Å². The van der Waals surface area contributed by atoms with Crippen molar-refractivity contribution in [2.75, 3.05) is 5.43 Å². The van der Waals surface area contributed by atoms with Gasteiger partial charge in [-0.3, -0.25) is 0 Å². The molecule has 4 N–H and O–H groups in total. The van der Waals surface area contributed by atoms with Gasteiger partial charge in [0.1, 0.15) is 0 Å². The third-order valence-electron chi connectivity index (χ3n) is 3.39. The number of rotatable bonds is 5. The van der Waals surface area contributed by atoms with E-state index in [0.717, 1.165) is 5.56 Å². The third kappa shape index (κ3) is 4.12. The van der Waals surface area contributed by atoms with Crippen molar-refractivity contribution in [3.05, 3.63) is 53.1 Å². The van der Waals surface area contributed by atoms with Crippen LogP contribution in [0.25, 0.3) is 0 Å². The van der Waals surface area contributed by atoms with Crippen LogP contribution < -0.4 is 15.4 Å². The molecule has 130 valence electrons. The van der Waals surface area contributed by atoms with Crippen LogP contribution in [-0.4, -0.2) is 16.8 Å². The highest BCUT2D eigenvalue weighted by Crippen LogP contribution is 2.21. The van der Waals surface area contributed by atoms with Crippen molar-refractivity contribution in [1.82, 2.24) is 4.83 Å². The van der Waals surface area contributed by atoms with Gasteiger partial charge in [0.05, 0.1) is 9.79 Å². The van der Waals surface area contributed by atoms with Crippen LogP contribution in [0, 0.1) is 20.8 Å². The Labute approximate surface area is 142 Å². The Kier molecular flexibility index (Phi) is 5.00.